The number of carbonyl (C=O) groups is 2. The molecule has 34 heavy (non-hydrogen) atoms. The molecule has 13 heteroatoms. The number of nitrogens with one attached hydrogen (secondary N) is 1. The zero-order chi connectivity index (χ0) is 25.0. The number of anilines is 1. The molecule has 2 unspecified atom stereocenters. The van der Waals surface area contributed by atoms with Crippen LogP contribution in [-0.2, 0) is 30.2 Å². The van der Waals surface area contributed by atoms with Crippen molar-refractivity contribution in [2.45, 2.75) is 71.5 Å². The van der Waals surface area contributed by atoms with Crippen molar-refractivity contribution < 1.29 is 33.3 Å². The van der Waals surface area contributed by atoms with Crippen LogP contribution in [0.15, 0.2) is 11.1 Å². The summed E-state index contributed by atoms with van der Waals surface area (Å²) < 4.78 is 28.3. The summed E-state index contributed by atoms with van der Waals surface area (Å²) in [6.45, 7) is 8.68. The predicted octanol–water partition coefficient (Wildman–Crippen LogP) is 1.99. The number of hydrogen-bond acceptors (Lipinski definition) is 11. The molecule has 0 radical (unpaired) electrons. The van der Waals surface area contributed by atoms with Gasteiger partial charge in [-0.3, -0.25) is 9.78 Å². The van der Waals surface area contributed by atoms with Crippen LogP contribution in [0.1, 0.15) is 41.0 Å². The summed E-state index contributed by atoms with van der Waals surface area (Å²) in [7, 11) is 0. The number of nitrogens with two attached hydrogens (primary N) is 1. The largest absolute Gasteiger partial charge is 0.508 e. The van der Waals surface area contributed by atoms with Gasteiger partial charge in [0, 0.05) is 0 Å². The molecule has 0 amide bonds. The molecule has 0 aliphatic heterocycles. The minimum Gasteiger partial charge on any atom is -0.432 e. The molecule has 1 aliphatic rings. The van der Waals surface area contributed by atoms with Crippen LogP contribution in [0.4, 0.5) is 15.5 Å². The topological polar surface area (TPSA) is 170 Å². The number of aromatic nitrogens is 4. The fourth-order valence-electron chi connectivity index (χ4n) is 3.48. The summed E-state index contributed by atoms with van der Waals surface area (Å²) in [5.74, 6) is 0.0992. The highest BCUT2D eigenvalue weighted by Crippen LogP contribution is 2.49. The van der Waals surface area contributed by atoms with E-state index in [-0.39, 0.29) is 42.8 Å². The molecule has 3 rings (SSSR count). The van der Waals surface area contributed by atoms with Crippen LogP contribution >= 0.6 is 0 Å². The van der Waals surface area contributed by atoms with Crippen molar-refractivity contribution in [3.8, 4) is 0 Å². The number of hydrogen-bond donors (Lipinski definition) is 2. The molecule has 1 fully saturated rings. The molecule has 2 aromatic heterocycles. The van der Waals surface area contributed by atoms with Gasteiger partial charge in [0.2, 0.25) is 5.95 Å². The lowest BCUT2D eigenvalue weighted by Crippen LogP contribution is -2.37. The third-order valence-electron chi connectivity index (χ3n) is 5.16. The van der Waals surface area contributed by atoms with Crippen LogP contribution in [0.25, 0.3) is 11.2 Å². The number of imidazole rings is 1. The number of aromatic amines is 1. The van der Waals surface area contributed by atoms with E-state index in [1.165, 1.54) is 6.33 Å². The van der Waals surface area contributed by atoms with Crippen molar-refractivity contribution in [3.63, 3.8) is 0 Å². The first-order valence-corrected chi connectivity index (χ1v) is 11.0. The molecule has 2 atom stereocenters. The van der Waals surface area contributed by atoms with Crippen molar-refractivity contribution in [2.24, 2.45) is 5.92 Å². The fraction of sp³-hybridized carbons (Fsp3) is 0.667. The number of carbonyl (C=O) groups excluding carboxylic acids is 2. The van der Waals surface area contributed by atoms with Crippen LogP contribution in [0.2, 0.25) is 0 Å². The Hall–Kier alpha value is -3.35. The number of ether oxygens (including phenoxy) is 5. The van der Waals surface area contributed by atoms with Gasteiger partial charge in [-0.2, -0.15) is 4.98 Å². The maximum atomic E-state index is 12.1. The standard InChI is InChI=1S/C21H31N5O8/c1-11(2)32-19(28)30-7-14(8-31-20(29)33-12(3)4)34-21(6-13(21)5)9-26-10-23-15-16(26)24-18(22)25-17(15)27/h10-14H,6-9H2,1-5H3,(H3,22,24,25,27). The normalized spacial score (nSPS) is 19.6. The Morgan fingerprint density at radius 2 is 1.74 bits per heavy atom. The van der Waals surface area contributed by atoms with Gasteiger partial charge < -0.3 is 34.0 Å². The molecule has 1 aliphatic carbocycles. The van der Waals surface area contributed by atoms with Gasteiger partial charge >= 0.3 is 12.3 Å². The summed E-state index contributed by atoms with van der Waals surface area (Å²) in [5.41, 5.74) is 5.05. The van der Waals surface area contributed by atoms with Gasteiger partial charge in [-0.05, 0) is 40.0 Å². The van der Waals surface area contributed by atoms with E-state index in [0.717, 1.165) is 0 Å². The highest BCUT2D eigenvalue weighted by atomic mass is 16.7. The van der Waals surface area contributed by atoms with E-state index in [2.05, 4.69) is 15.0 Å². The Morgan fingerprint density at radius 3 is 2.24 bits per heavy atom. The van der Waals surface area contributed by atoms with E-state index >= 15 is 0 Å². The molecule has 2 heterocycles. The van der Waals surface area contributed by atoms with Gasteiger partial charge in [-0.25, -0.2) is 14.6 Å². The summed E-state index contributed by atoms with van der Waals surface area (Å²) in [4.78, 5) is 46.5. The van der Waals surface area contributed by atoms with Gasteiger partial charge in [0.15, 0.2) is 11.2 Å². The van der Waals surface area contributed by atoms with E-state index in [4.69, 9.17) is 29.4 Å². The fourth-order valence-corrected chi connectivity index (χ4v) is 3.48. The van der Waals surface area contributed by atoms with Crippen molar-refractivity contribution in [1.82, 2.24) is 19.5 Å². The van der Waals surface area contributed by atoms with Crippen LogP contribution in [0.5, 0.6) is 0 Å². The number of nitrogens with zero attached hydrogens (tertiary/aromatic N) is 3. The molecular weight excluding hydrogens is 450 g/mol. The second-order valence-corrected chi connectivity index (χ2v) is 8.86. The van der Waals surface area contributed by atoms with Gasteiger partial charge in [-0.15, -0.1) is 0 Å². The second-order valence-electron chi connectivity index (χ2n) is 8.86. The minimum absolute atomic E-state index is 0.0231. The van der Waals surface area contributed by atoms with Gasteiger partial charge in [-0.1, -0.05) is 6.92 Å². The quantitative estimate of drug-likeness (QED) is 0.476. The molecular formula is C21H31N5O8. The summed E-state index contributed by atoms with van der Waals surface area (Å²) in [5, 5.41) is 0. The van der Waals surface area contributed by atoms with E-state index in [1.807, 2.05) is 6.92 Å². The van der Waals surface area contributed by atoms with Crippen LogP contribution in [-0.4, -0.2) is 69.0 Å². The highest BCUT2D eigenvalue weighted by molar-refractivity contribution is 5.70. The molecule has 0 saturated heterocycles. The van der Waals surface area contributed by atoms with E-state index in [0.29, 0.717) is 18.6 Å². The van der Waals surface area contributed by atoms with E-state index in [9.17, 15) is 14.4 Å². The lowest BCUT2D eigenvalue weighted by Gasteiger charge is -2.26. The molecule has 0 spiro atoms. The second kappa shape index (κ2) is 10.3. The van der Waals surface area contributed by atoms with E-state index < -0.39 is 29.6 Å². The predicted molar refractivity (Wildman–Crippen MR) is 119 cm³/mol. The van der Waals surface area contributed by atoms with Gasteiger partial charge in [0.1, 0.15) is 19.3 Å². The summed E-state index contributed by atoms with van der Waals surface area (Å²) in [6.07, 6.45) is -1.04. The highest BCUT2D eigenvalue weighted by Gasteiger charge is 2.54. The Morgan fingerprint density at radius 1 is 1.18 bits per heavy atom. The van der Waals surface area contributed by atoms with Crippen molar-refractivity contribution in [2.75, 3.05) is 18.9 Å². The first-order valence-electron chi connectivity index (χ1n) is 11.0. The number of H-pyrrole nitrogens is 1. The van der Waals surface area contributed by atoms with Gasteiger partial charge in [0.25, 0.3) is 5.56 Å². The average Bonchev–Trinajstić information content (AvgIpc) is 3.15. The van der Waals surface area contributed by atoms with E-state index in [1.54, 1.807) is 32.3 Å². The third-order valence-corrected chi connectivity index (χ3v) is 5.16. The molecule has 2 aromatic rings. The zero-order valence-electron chi connectivity index (χ0n) is 19.9. The average molecular weight is 482 g/mol. The Kier molecular flexibility index (Phi) is 7.64. The summed E-state index contributed by atoms with van der Waals surface area (Å²) in [6, 6.07) is 0. The van der Waals surface area contributed by atoms with Crippen molar-refractivity contribution in [3.05, 3.63) is 16.7 Å². The lowest BCUT2D eigenvalue weighted by atomic mass is 10.2. The molecule has 13 nitrogen and oxygen atoms in total. The van der Waals surface area contributed by atoms with Crippen LogP contribution in [0.3, 0.4) is 0 Å². The molecule has 3 N–H and O–H groups in total. The molecule has 0 bridgehead atoms. The SMILES string of the molecule is CC(C)OC(=O)OCC(COC(=O)OC(C)C)OC1(Cn2cnc3c(=O)[nH]c(N)nc32)CC1C. The number of rotatable bonds is 10. The zero-order valence-corrected chi connectivity index (χ0v) is 19.9. The number of fused-ring (bicyclic) bond motifs is 1. The minimum atomic E-state index is -0.856. The van der Waals surface area contributed by atoms with Crippen molar-refractivity contribution >= 4 is 29.4 Å². The maximum Gasteiger partial charge on any atom is 0.508 e. The smallest absolute Gasteiger partial charge is 0.432 e. The number of nitrogen functional groups attached to an aromatic ring is 1. The third kappa shape index (κ3) is 6.37. The Labute approximate surface area is 195 Å². The Balaban J connectivity index is 1.73. The maximum absolute atomic E-state index is 12.1. The molecule has 188 valence electrons. The molecule has 1 saturated carbocycles. The van der Waals surface area contributed by atoms with Crippen LogP contribution in [0, 0.1) is 5.92 Å². The monoisotopic (exact) mass is 481 g/mol. The lowest BCUT2D eigenvalue weighted by molar-refractivity contribution is -0.104. The Bertz CT molecular complexity index is 1050. The van der Waals surface area contributed by atoms with Crippen molar-refractivity contribution in [1.29, 1.82) is 0 Å². The summed E-state index contributed by atoms with van der Waals surface area (Å²) >= 11 is 0. The first kappa shape index (κ1) is 25.3. The molecule has 0 aromatic carbocycles. The first-order chi connectivity index (χ1) is 16.0. The van der Waals surface area contributed by atoms with Gasteiger partial charge in [0.05, 0.1) is 30.7 Å². The van der Waals surface area contributed by atoms with Crippen LogP contribution < -0.4 is 11.3 Å².